The van der Waals surface area contributed by atoms with Gasteiger partial charge in [0, 0.05) is 59.6 Å². The van der Waals surface area contributed by atoms with Crippen molar-refractivity contribution in [3.63, 3.8) is 0 Å². The minimum Gasteiger partial charge on any atom is -0.271 e. The molecule has 9 nitrogen and oxygen atoms in total. The van der Waals surface area contributed by atoms with Crippen LogP contribution in [0.5, 0.6) is 0 Å². The number of imidazole rings is 1. The molecular weight excluding hydrogens is 1270 g/mol. The van der Waals surface area contributed by atoms with E-state index >= 15 is 24.0 Å². The molecular formula is C78H92N4O5S6. The van der Waals surface area contributed by atoms with E-state index in [1.165, 1.54) is 94.0 Å². The summed E-state index contributed by atoms with van der Waals surface area (Å²) in [6, 6.07) is 15.7. The van der Waals surface area contributed by atoms with E-state index in [1.54, 1.807) is 37.1 Å². The summed E-state index contributed by atoms with van der Waals surface area (Å²) in [5.74, 6) is 2.18. The molecule has 0 amide bonds. The van der Waals surface area contributed by atoms with Gasteiger partial charge in [0.2, 0.25) is 0 Å². The summed E-state index contributed by atoms with van der Waals surface area (Å²) in [6.45, 7) is 13.4. The van der Waals surface area contributed by atoms with Crippen LogP contribution in [0.1, 0.15) is 246 Å². The van der Waals surface area contributed by atoms with Gasteiger partial charge in [-0.2, -0.15) is 0 Å². The zero-order valence-electron chi connectivity index (χ0n) is 55.7. The Balaban J connectivity index is 1.04. The minimum atomic E-state index is -0.296. The Morgan fingerprint density at radius 3 is 1.15 bits per heavy atom. The van der Waals surface area contributed by atoms with E-state index in [-0.39, 0.29) is 39.9 Å². The van der Waals surface area contributed by atoms with Gasteiger partial charge in [-0.1, -0.05) is 255 Å². The largest absolute Gasteiger partial charge is 0.271 e. The fraction of sp³-hybridized carbons (Fsp3) is 0.513. The van der Waals surface area contributed by atoms with Crippen molar-refractivity contribution in [2.45, 2.75) is 256 Å². The number of pyridine rings is 2. The van der Waals surface area contributed by atoms with Gasteiger partial charge in [-0.25, -0.2) is 4.98 Å². The van der Waals surface area contributed by atoms with Crippen LogP contribution < -0.4 is 27.8 Å². The maximum absolute atomic E-state index is 16.3. The number of rotatable bonds is 36. The summed E-state index contributed by atoms with van der Waals surface area (Å²) in [7, 11) is 0. The first-order valence-electron chi connectivity index (χ1n) is 35.9. The van der Waals surface area contributed by atoms with E-state index in [0.29, 0.717) is 54.1 Å². The topological polar surface area (TPSA) is 113 Å². The van der Waals surface area contributed by atoms with Gasteiger partial charge in [-0.15, -0.1) is 23.5 Å². The molecule has 7 aromatic carbocycles. The maximum Gasteiger partial charge on any atom is 0.265 e. The second kappa shape index (κ2) is 30.0. The molecule has 0 spiro atoms. The molecule has 0 N–H and O–H groups in total. The third-order valence-corrected chi connectivity index (χ3v) is 29.3. The molecule has 13 rings (SSSR count). The van der Waals surface area contributed by atoms with E-state index in [4.69, 9.17) is 4.98 Å². The number of unbranched alkanes of at least 4 members (excludes halogenated alkanes) is 20. The third-order valence-electron chi connectivity index (χ3n) is 20.3. The van der Waals surface area contributed by atoms with Crippen LogP contribution in [0.2, 0.25) is 0 Å². The van der Waals surface area contributed by atoms with Crippen LogP contribution in [0.25, 0.3) is 103 Å². The van der Waals surface area contributed by atoms with Crippen molar-refractivity contribution in [1.29, 1.82) is 0 Å². The molecule has 490 valence electrons. The second-order valence-corrected chi connectivity index (χ2v) is 34.3. The van der Waals surface area contributed by atoms with Crippen molar-refractivity contribution in [1.82, 2.24) is 18.5 Å². The van der Waals surface area contributed by atoms with E-state index in [0.717, 1.165) is 186 Å². The molecule has 0 atom stereocenters. The standard InChI is InChI=1S/C78H92N4O5S6/c1-7-13-17-21-25-29-33-47(34-30-26-22-18-14-8-2)80-70(83)51-39-37-49-50-38-40-52-62-56(73(86)81(71(52)84)48(35-31-27-23-19-15-9-3)36-32-28-24-20-16-10-4)44-54-66(64(50)62)65-53(43-55(72(80)85)61(51)63(49)65)67-68(54)74(87)82-58-46-60-59(45-57(58)79-69(67)82)90-77(91-60)78-92-75(88-41-11-5)76(93-78)89-42-12-6/h37-40,43-48H,7-36,41-42H2,1-6H3. The first kappa shape index (κ1) is 67.0. The van der Waals surface area contributed by atoms with Crippen molar-refractivity contribution in [2.24, 2.45) is 0 Å². The fourth-order valence-electron chi connectivity index (χ4n) is 15.7. The predicted octanol–water partition coefficient (Wildman–Crippen LogP) is 23.6. The number of fused-ring (bicyclic) bond motifs is 9. The van der Waals surface area contributed by atoms with E-state index in [2.05, 4.69) is 59.7 Å². The van der Waals surface area contributed by atoms with Crippen LogP contribution in [0.4, 0.5) is 0 Å². The maximum atomic E-state index is 16.3. The average molecular weight is 1360 g/mol. The Morgan fingerprint density at radius 1 is 0.355 bits per heavy atom. The van der Waals surface area contributed by atoms with E-state index in [9.17, 15) is 0 Å². The highest BCUT2D eigenvalue weighted by Gasteiger charge is 2.34. The molecule has 0 radical (unpaired) electrons. The van der Waals surface area contributed by atoms with Gasteiger partial charge in [0.15, 0.2) is 0 Å². The number of nitrogens with zero attached hydrogens (tertiary/aromatic N) is 4. The predicted molar refractivity (Wildman–Crippen MR) is 412 cm³/mol. The van der Waals surface area contributed by atoms with Crippen molar-refractivity contribution in [2.75, 3.05) is 11.5 Å². The highest BCUT2D eigenvalue weighted by molar-refractivity contribution is 8.42. The lowest BCUT2D eigenvalue weighted by Gasteiger charge is -2.24. The Kier molecular flexibility index (Phi) is 21.6. The van der Waals surface area contributed by atoms with Crippen LogP contribution in [0, 0.1) is 0 Å². The number of hydrogen-bond acceptors (Lipinski definition) is 12. The van der Waals surface area contributed by atoms with Crippen LogP contribution >= 0.6 is 70.6 Å². The van der Waals surface area contributed by atoms with Crippen molar-refractivity contribution in [3.05, 3.63) is 117 Å². The molecule has 11 aromatic rings. The minimum absolute atomic E-state index is 0.223. The second-order valence-electron chi connectivity index (χ2n) is 26.9. The van der Waals surface area contributed by atoms with Gasteiger partial charge in [-0.3, -0.25) is 37.5 Å². The summed E-state index contributed by atoms with van der Waals surface area (Å²) in [5.41, 5.74) is 0.675. The van der Waals surface area contributed by atoms with Crippen LogP contribution in [0.15, 0.2) is 99.2 Å². The third kappa shape index (κ3) is 12.5. The Morgan fingerprint density at radius 2 is 0.720 bits per heavy atom. The van der Waals surface area contributed by atoms with E-state index < -0.39 is 0 Å². The molecule has 0 bridgehead atoms. The fourth-order valence-corrected chi connectivity index (χ4v) is 24.2. The Hall–Kier alpha value is -4.64. The summed E-state index contributed by atoms with van der Waals surface area (Å²) in [6.07, 6.45) is 32.2. The highest BCUT2D eigenvalue weighted by Crippen LogP contribution is 2.65. The molecule has 0 unspecified atom stereocenters. The number of aromatic nitrogens is 4. The molecule has 15 heteroatoms. The van der Waals surface area contributed by atoms with Crippen LogP contribution in [-0.2, 0) is 0 Å². The van der Waals surface area contributed by atoms with Gasteiger partial charge in [0.05, 0.1) is 33.4 Å². The number of thioether (sulfide) groups is 6. The van der Waals surface area contributed by atoms with Crippen molar-refractivity contribution in [3.8, 4) is 0 Å². The average Bonchev–Trinajstić information content (AvgIpc) is 1.64. The Labute approximate surface area is 572 Å². The molecule has 2 aliphatic rings. The van der Waals surface area contributed by atoms with Crippen LogP contribution in [-0.4, -0.2) is 30.0 Å². The normalized spacial score (nSPS) is 14.2. The molecule has 4 aromatic heterocycles. The molecule has 0 fully saturated rings. The smallest absolute Gasteiger partial charge is 0.265 e. The molecule has 0 aliphatic carbocycles. The first-order chi connectivity index (χ1) is 45.6. The summed E-state index contributed by atoms with van der Waals surface area (Å²) in [5, 5.41) is 10.6. The highest BCUT2D eigenvalue weighted by atomic mass is 32.3. The van der Waals surface area contributed by atoms with Gasteiger partial charge < -0.3 is 0 Å². The van der Waals surface area contributed by atoms with Crippen molar-refractivity contribution >= 4 is 173 Å². The lowest BCUT2D eigenvalue weighted by Crippen LogP contribution is -2.37. The summed E-state index contributed by atoms with van der Waals surface area (Å²) in [4.78, 5) is 87.2. The quantitative estimate of drug-likeness (QED) is 0.0212. The first-order valence-corrected chi connectivity index (χ1v) is 41.2. The monoisotopic (exact) mass is 1360 g/mol. The zero-order valence-corrected chi connectivity index (χ0v) is 60.6. The van der Waals surface area contributed by atoms with Gasteiger partial charge in [-0.05, 0) is 130 Å². The number of benzene rings is 7. The van der Waals surface area contributed by atoms with Crippen LogP contribution in [0.3, 0.4) is 0 Å². The number of hydrogen-bond donors (Lipinski definition) is 0. The summed E-state index contributed by atoms with van der Waals surface area (Å²) < 4.78 is 10.4. The lowest BCUT2D eigenvalue weighted by molar-refractivity contribution is 0.381. The SMILES string of the molecule is CCCCCCCCC(CCCCCCCC)n1c(=O)c2ccc3c4ccc5c(=O)n(C(CCCCCCCC)CCCCCCCC)c(=O)c6cc7c(c4c56)c4c(cc(c1=O)c2c34)c1c(=O)n2c3cc4c(cc3nc2c71)SC(=C1SC(SCCC)=C(SCCC)S1)S4. The van der Waals surface area contributed by atoms with E-state index in [1.807, 2.05) is 77.4 Å². The molecule has 0 saturated carbocycles. The molecule has 93 heavy (non-hydrogen) atoms. The van der Waals surface area contributed by atoms with Gasteiger partial charge in [0.1, 0.15) is 5.65 Å². The van der Waals surface area contributed by atoms with Gasteiger partial charge in [0.25, 0.3) is 27.8 Å². The zero-order chi connectivity index (χ0) is 64.4. The summed E-state index contributed by atoms with van der Waals surface area (Å²) >= 11 is 11.3. The Bertz CT molecular complexity index is 4840. The van der Waals surface area contributed by atoms with Gasteiger partial charge >= 0.3 is 0 Å². The molecule has 6 heterocycles. The molecule has 2 aliphatic heterocycles. The lowest BCUT2D eigenvalue weighted by atomic mass is 9.81. The molecule has 0 saturated heterocycles. The van der Waals surface area contributed by atoms with Crippen molar-refractivity contribution < 1.29 is 0 Å².